The zero-order valence-electron chi connectivity index (χ0n) is 16.6. The third-order valence-electron chi connectivity index (χ3n) is 5.44. The smallest absolute Gasteiger partial charge is 0.227 e. The van der Waals surface area contributed by atoms with E-state index in [1.54, 1.807) is 22.6 Å². The molecular formula is C19H29N6OS+. The van der Waals surface area contributed by atoms with Gasteiger partial charge in [-0.25, -0.2) is 9.97 Å². The van der Waals surface area contributed by atoms with Crippen LogP contribution in [-0.2, 0) is 17.8 Å². The van der Waals surface area contributed by atoms with Crippen molar-refractivity contribution in [3.8, 4) is 0 Å². The van der Waals surface area contributed by atoms with Gasteiger partial charge in [0.25, 0.3) is 0 Å². The van der Waals surface area contributed by atoms with Gasteiger partial charge in [-0.05, 0) is 33.3 Å². The molecule has 0 aromatic carbocycles. The number of quaternary nitrogens is 1. The molecule has 27 heavy (non-hydrogen) atoms. The van der Waals surface area contributed by atoms with E-state index in [4.69, 9.17) is 9.72 Å². The Morgan fingerprint density at radius 1 is 1.33 bits per heavy atom. The minimum absolute atomic E-state index is 0.151. The molecule has 0 fully saturated rings. The summed E-state index contributed by atoms with van der Waals surface area (Å²) in [5, 5.41) is 9.05. The number of anilines is 1. The van der Waals surface area contributed by atoms with E-state index in [1.807, 2.05) is 4.52 Å². The molecule has 0 aliphatic carbocycles. The highest BCUT2D eigenvalue weighted by atomic mass is 32.1. The van der Waals surface area contributed by atoms with Gasteiger partial charge in [0.15, 0.2) is 5.65 Å². The van der Waals surface area contributed by atoms with Crippen molar-refractivity contribution in [2.75, 3.05) is 31.5 Å². The van der Waals surface area contributed by atoms with Gasteiger partial charge in [-0.2, -0.15) is 9.61 Å². The van der Waals surface area contributed by atoms with Crippen LogP contribution < -0.4 is 10.2 Å². The summed E-state index contributed by atoms with van der Waals surface area (Å²) in [7, 11) is 0. The molecule has 3 aromatic rings. The second-order valence-corrected chi connectivity index (χ2v) is 8.91. The Morgan fingerprint density at radius 2 is 2.15 bits per heavy atom. The van der Waals surface area contributed by atoms with Crippen molar-refractivity contribution in [2.24, 2.45) is 0 Å². The van der Waals surface area contributed by atoms with Crippen LogP contribution in [0, 0.1) is 0 Å². The molecule has 0 radical (unpaired) electrons. The van der Waals surface area contributed by atoms with Gasteiger partial charge in [-0.1, -0.05) is 0 Å². The Balaban J connectivity index is 1.62. The monoisotopic (exact) mass is 389 g/mol. The van der Waals surface area contributed by atoms with Crippen molar-refractivity contribution in [1.82, 2.24) is 19.6 Å². The van der Waals surface area contributed by atoms with Gasteiger partial charge < -0.3 is 15.0 Å². The first kappa shape index (κ1) is 18.6. The molecule has 0 saturated heterocycles. The number of thiophene rings is 1. The number of aromatic nitrogens is 4. The van der Waals surface area contributed by atoms with E-state index in [0.717, 1.165) is 41.2 Å². The lowest BCUT2D eigenvalue weighted by molar-refractivity contribution is -0.896. The predicted molar refractivity (Wildman–Crippen MR) is 109 cm³/mol. The fourth-order valence-corrected chi connectivity index (χ4v) is 4.91. The summed E-state index contributed by atoms with van der Waals surface area (Å²) >= 11 is 1.72. The maximum Gasteiger partial charge on any atom is 0.227 e. The first-order valence-corrected chi connectivity index (χ1v) is 10.7. The van der Waals surface area contributed by atoms with Crippen LogP contribution in [0.3, 0.4) is 0 Å². The highest BCUT2D eigenvalue weighted by Gasteiger charge is 2.31. The quantitative estimate of drug-likeness (QED) is 0.604. The minimum Gasteiger partial charge on any atom is -0.370 e. The zero-order chi connectivity index (χ0) is 19.0. The van der Waals surface area contributed by atoms with Crippen LogP contribution in [0.2, 0.25) is 0 Å². The van der Waals surface area contributed by atoms with Crippen LogP contribution in [0.4, 0.5) is 5.95 Å². The fourth-order valence-electron chi connectivity index (χ4n) is 3.82. The first-order chi connectivity index (χ1) is 13.0. The van der Waals surface area contributed by atoms with Crippen molar-refractivity contribution in [1.29, 1.82) is 0 Å². The van der Waals surface area contributed by atoms with E-state index >= 15 is 0 Å². The zero-order valence-corrected chi connectivity index (χ0v) is 17.4. The highest BCUT2D eigenvalue weighted by Crippen LogP contribution is 2.40. The lowest BCUT2D eigenvalue weighted by Crippen LogP contribution is -3.11. The SMILES string of the molecule is CC[NH+](CC)CCCNc1nc2sc3c(c2c2ncnn12)CC(C)(C)OC3. The standard InChI is InChI=1S/C19H28N6OS/c1-5-24(6-2)9-7-8-20-18-23-17-15(16-21-12-22-25(16)18)13-10-19(3,4)26-11-14(13)27-17/h12H,5-11H2,1-4H3,(H,20,23)/p+1. The Hall–Kier alpha value is -1.77. The molecule has 4 heterocycles. The number of nitrogens with zero attached hydrogens (tertiary/aromatic N) is 4. The molecule has 7 nitrogen and oxygen atoms in total. The molecule has 1 aliphatic heterocycles. The van der Waals surface area contributed by atoms with Gasteiger partial charge in [0.2, 0.25) is 5.95 Å². The van der Waals surface area contributed by atoms with E-state index in [1.165, 1.54) is 30.1 Å². The van der Waals surface area contributed by atoms with Crippen LogP contribution in [0.5, 0.6) is 0 Å². The van der Waals surface area contributed by atoms with Crippen molar-refractivity contribution >= 4 is 33.1 Å². The molecule has 0 unspecified atom stereocenters. The topological polar surface area (TPSA) is 68.8 Å². The molecule has 3 aromatic heterocycles. The van der Waals surface area contributed by atoms with Gasteiger partial charge in [-0.15, -0.1) is 11.3 Å². The summed E-state index contributed by atoms with van der Waals surface area (Å²) in [5.41, 5.74) is 2.07. The fraction of sp³-hybridized carbons (Fsp3) is 0.632. The first-order valence-electron chi connectivity index (χ1n) is 9.87. The number of rotatable bonds is 7. The predicted octanol–water partition coefficient (Wildman–Crippen LogP) is 1.92. The molecule has 0 atom stereocenters. The number of nitrogens with one attached hydrogen (secondary N) is 2. The van der Waals surface area contributed by atoms with Crippen LogP contribution in [0.1, 0.15) is 44.6 Å². The summed E-state index contributed by atoms with van der Waals surface area (Å²) in [6.45, 7) is 13.8. The Bertz CT molecular complexity index is 943. The van der Waals surface area contributed by atoms with Gasteiger partial charge in [0.1, 0.15) is 11.2 Å². The Labute approximate surface area is 163 Å². The summed E-state index contributed by atoms with van der Waals surface area (Å²) in [6.07, 6.45) is 3.61. The molecule has 0 bridgehead atoms. The number of hydrogen-bond donors (Lipinski definition) is 2. The number of fused-ring (bicyclic) bond motifs is 5. The second-order valence-electron chi connectivity index (χ2n) is 7.83. The lowest BCUT2D eigenvalue weighted by atomic mass is 9.94. The van der Waals surface area contributed by atoms with Crippen molar-refractivity contribution in [2.45, 2.75) is 52.7 Å². The molecule has 2 N–H and O–H groups in total. The maximum atomic E-state index is 5.99. The Kier molecular flexibility index (Phi) is 5.05. The minimum atomic E-state index is -0.151. The number of hydrogen-bond acceptors (Lipinski definition) is 6. The molecule has 1 aliphatic rings. The molecule has 0 saturated carbocycles. The number of ether oxygens (including phenoxy) is 1. The summed E-state index contributed by atoms with van der Waals surface area (Å²) in [4.78, 5) is 13.4. The normalized spacial score (nSPS) is 16.3. The van der Waals surface area contributed by atoms with Gasteiger partial charge in [0.05, 0.1) is 37.2 Å². The Morgan fingerprint density at radius 3 is 2.93 bits per heavy atom. The highest BCUT2D eigenvalue weighted by molar-refractivity contribution is 7.19. The third-order valence-corrected chi connectivity index (χ3v) is 6.54. The van der Waals surface area contributed by atoms with Gasteiger partial charge >= 0.3 is 0 Å². The summed E-state index contributed by atoms with van der Waals surface area (Å²) in [5.74, 6) is 0.781. The largest absolute Gasteiger partial charge is 0.370 e. The average Bonchev–Trinajstić information content (AvgIpc) is 3.25. The second kappa shape index (κ2) is 7.33. The van der Waals surface area contributed by atoms with E-state index in [2.05, 4.69) is 43.1 Å². The van der Waals surface area contributed by atoms with E-state index in [0.29, 0.717) is 6.61 Å². The molecule has 4 rings (SSSR count). The van der Waals surface area contributed by atoms with Crippen LogP contribution in [0.15, 0.2) is 6.33 Å². The molecule has 8 heteroatoms. The van der Waals surface area contributed by atoms with E-state index in [9.17, 15) is 0 Å². The molecule has 0 amide bonds. The van der Waals surface area contributed by atoms with Crippen molar-refractivity contribution < 1.29 is 9.64 Å². The lowest BCUT2D eigenvalue weighted by Gasteiger charge is -2.30. The van der Waals surface area contributed by atoms with Crippen LogP contribution >= 0.6 is 11.3 Å². The van der Waals surface area contributed by atoms with Gasteiger partial charge in [-0.3, -0.25) is 0 Å². The molecule has 146 valence electrons. The average molecular weight is 390 g/mol. The van der Waals surface area contributed by atoms with Crippen LogP contribution in [-0.4, -0.2) is 51.4 Å². The van der Waals surface area contributed by atoms with Crippen molar-refractivity contribution in [3.63, 3.8) is 0 Å². The third kappa shape index (κ3) is 3.53. The molecule has 0 spiro atoms. The summed E-state index contributed by atoms with van der Waals surface area (Å²) in [6, 6.07) is 0. The van der Waals surface area contributed by atoms with Crippen LogP contribution in [0.25, 0.3) is 15.9 Å². The summed E-state index contributed by atoms with van der Waals surface area (Å²) < 4.78 is 7.84. The van der Waals surface area contributed by atoms with Gasteiger partial charge in [0, 0.05) is 24.3 Å². The molecular weight excluding hydrogens is 360 g/mol. The van der Waals surface area contributed by atoms with E-state index in [-0.39, 0.29) is 5.60 Å². The van der Waals surface area contributed by atoms with Crippen molar-refractivity contribution in [3.05, 3.63) is 16.8 Å². The van der Waals surface area contributed by atoms with E-state index < -0.39 is 0 Å². The maximum absolute atomic E-state index is 5.99.